The molecule has 0 bridgehead atoms. The summed E-state index contributed by atoms with van der Waals surface area (Å²) < 4.78 is 2.45. The van der Waals surface area contributed by atoms with Gasteiger partial charge in [0.1, 0.15) is 5.82 Å². The predicted molar refractivity (Wildman–Crippen MR) is 259 cm³/mol. The fourth-order valence-corrected chi connectivity index (χ4v) is 11.0. The minimum absolute atomic E-state index is 0.0969. The van der Waals surface area contributed by atoms with Crippen molar-refractivity contribution in [2.45, 2.75) is 30.7 Å². The van der Waals surface area contributed by atoms with E-state index in [1.165, 1.54) is 83.6 Å². The summed E-state index contributed by atoms with van der Waals surface area (Å²) in [5, 5.41) is 2.49. The van der Waals surface area contributed by atoms with Crippen molar-refractivity contribution in [3.8, 4) is 27.9 Å². The fraction of sp³-hybridized carbons (Fsp3) is 0.102. The average Bonchev–Trinajstić information content (AvgIpc) is 3.86. The van der Waals surface area contributed by atoms with E-state index in [1.807, 2.05) is 0 Å². The molecule has 2 aromatic heterocycles. The minimum atomic E-state index is 0.0969. The maximum Gasteiger partial charge on any atom is 0.134 e. The summed E-state index contributed by atoms with van der Waals surface area (Å²) in [6.45, 7) is 0. The van der Waals surface area contributed by atoms with Crippen molar-refractivity contribution in [1.82, 2.24) is 9.55 Å². The van der Waals surface area contributed by atoms with Crippen LogP contribution in [0.3, 0.4) is 0 Å². The molecular weight excluding hydrogens is 751 g/mol. The van der Waals surface area contributed by atoms with Gasteiger partial charge in [0.2, 0.25) is 0 Å². The monoisotopic (exact) mass is 793 g/mol. The highest BCUT2D eigenvalue weighted by Crippen LogP contribution is 2.51. The number of aromatic nitrogens is 2. The summed E-state index contributed by atoms with van der Waals surface area (Å²) in [4.78, 5) is 7.88. The summed E-state index contributed by atoms with van der Waals surface area (Å²) in [7, 11) is 0. The third-order valence-corrected chi connectivity index (χ3v) is 13.9. The zero-order valence-corrected chi connectivity index (χ0v) is 34.3. The maximum atomic E-state index is 5.40. The first-order valence-corrected chi connectivity index (χ1v) is 22.1. The van der Waals surface area contributed by atoms with Crippen LogP contribution in [0.5, 0.6) is 0 Å². The smallest absolute Gasteiger partial charge is 0.134 e. The van der Waals surface area contributed by atoms with E-state index in [0.29, 0.717) is 11.8 Å². The number of hydrogen-bond donors (Lipinski definition) is 0. The minimum Gasteiger partial charge on any atom is -0.318 e. The maximum absolute atomic E-state index is 5.40. The van der Waals surface area contributed by atoms with Gasteiger partial charge in [-0.2, -0.15) is 0 Å². The van der Waals surface area contributed by atoms with E-state index in [0.717, 1.165) is 29.6 Å². The number of rotatable bonds is 5. The molecule has 0 saturated carbocycles. The Balaban J connectivity index is 0.885. The van der Waals surface area contributed by atoms with Gasteiger partial charge in [-0.1, -0.05) is 164 Å². The Morgan fingerprint density at radius 2 is 1.39 bits per heavy atom. The highest BCUT2D eigenvalue weighted by Gasteiger charge is 2.39. The number of hydrogen-bond acceptors (Lipinski definition) is 2. The molecule has 0 fully saturated rings. The first-order chi connectivity index (χ1) is 30.7. The molecule has 8 aromatic rings. The van der Waals surface area contributed by atoms with Crippen LogP contribution in [-0.2, 0) is 6.42 Å². The zero-order valence-electron chi connectivity index (χ0n) is 34.3. The molecule has 62 heavy (non-hydrogen) atoms. The largest absolute Gasteiger partial charge is 0.318 e. The van der Waals surface area contributed by atoms with Gasteiger partial charge in [-0.15, -0.1) is 0 Å². The van der Waals surface area contributed by atoms with Crippen LogP contribution >= 0.6 is 0 Å². The molecule has 3 heterocycles. The van der Waals surface area contributed by atoms with Gasteiger partial charge in [-0.25, -0.2) is 4.98 Å². The Bertz CT molecular complexity index is 3320. The van der Waals surface area contributed by atoms with Crippen molar-refractivity contribution in [1.29, 1.82) is 0 Å². The van der Waals surface area contributed by atoms with E-state index in [4.69, 9.17) is 4.98 Å². The quantitative estimate of drug-likeness (QED) is 0.173. The standard InChI is InChI=1S/C59H43N3/c1-2-15-46(16-3-1)61-56-32-30-45(36-52(56)59-47-17-7-6-13-40(47)28-33-57(59)61)44-29-31-55-51(35-44)49-19-9-11-21-54(49)62(55)58-37-50(48-18-8-10-20-53(48)60-58)41-25-22-39(23-26-41)43-27-24-38-12-4-5-14-42(38)34-43/h1-4,6-13,15-37,40,47,51,55H,5,14H2. The average molecular weight is 794 g/mol. The lowest BCUT2D eigenvalue weighted by molar-refractivity contribution is 0.693. The summed E-state index contributed by atoms with van der Waals surface area (Å²) >= 11 is 0. The van der Waals surface area contributed by atoms with Crippen LogP contribution in [0.1, 0.15) is 51.8 Å². The van der Waals surface area contributed by atoms with Crippen LogP contribution in [0.25, 0.3) is 67.5 Å². The number of aryl methyl sites for hydroxylation is 1. The molecule has 0 radical (unpaired) electrons. The van der Waals surface area contributed by atoms with Crippen molar-refractivity contribution in [2.75, 3.05) is 4.90 Å². The third kappa shape index (κ3) is 5.55. The summed E-state index contributed by atoms with van der Waals surface area (Å²) in [6, 6.07) is 53.9. The number of nitrogens with zero attached hydrogens (tertiary/aromatic N) is 3. The molecule has 0 N–H and O–H groups in total. The van der Waals surface area contributed by atoms with Gasteiger partial charge in [-0.05, 0) is 117 Å². The van der Waals surface area contributed by atoms with Crippen LogP contribution < -0.4 is 4.90 Å². The van der Waals surface area contributed by atoms with Crippen molar-refractivity contribution < 1.29 is 0 Å². The molecular formula is C59H43N3. The van der Waals surface area contributed by atoms with Gasteiger partial charge in [0, 0.05) is 39.9 Å². The molecule has 5 aliphatic rings. The second-order valence-electron chi connectivity index (χ2n) is 17.3. The first kappa shape index (κ1) is 35.3. The van der Waals surface area contributed by atoms with Crippen LogP contribution in [0, 0.1) is 5.92 Å². The van der Waals surface area contributed by atoms with Gasteiger partial charge < -0.3 is 9.47 Å². The molecule has 4 atom stereocenters. The van der Waals surface area contributed by atoms with Crippen molar-refractivity contribution >= 4 is 51.0 Å². The Morgan fingerprint density at radius 1 is 0.581 bits per heavy atom. The number of fused-ring (bicyclic) bond motifs is 10. The molecule has 0 amide bonds. The lowest BCUT2D eigenvalue weighted by Crippen LogP contribution is -2.29. The third-order valence-electron chi connectivity index (χ3n) is 13.9. The molecule has 13 rings (SSSR count). The first-order valence-electron chi connectivity index (χ1n) is 22.1. The van der Waals surface area contributed by atoms with E-state index in [2.05, 4.69) is 222 Å². The van der Waals surface area contributed by atoms with Gasteiger partial charge in [0.25, 0.3) is 0 Å². The fourth-order valence-electron chi connectivity index (χ4n) is 11.0. The molecule has 4 unspecified atom stereocenters. The van der Waals surface area contributed by atoms with Crippen molar-refractivity contribution in [3.05, 3.63) is 234 Å². The molecule has 6 aromatic carbocycles. The van der Waals surface area contributed by atoms with Crippen LogP contribution in [0.4, 0.5) is 11.5 Å². The van der Waals surface area contributed by atoms with E-state index in [1.54, 1.807) is 0 Å². The highest BCUT2D eigenvalue weighted by atomic mass is 15.2. The molecule has 3 nitrogen and oxygen atoms in total. The SMILES string of the molecule is C1=CC2C=Cc3c(c4cc(C5=CC6c7ccccc7N(c7cc(-c8ccc(-c9ccc%10c(c9)CCC=C%10)cc8)c8ccccc8n7)C6C=C5)ccc4n3-c3ccccc3)C2C=C1. The van der Waals surface area contributed by atoms with Crippen molar-refractivity contribution in [3.63, 3.8) is 0 Å². The van der Waals surface area contributed by atoms with E-state index < -0.39 is 0 Å². The molecule has 3 heteroatoms. The van der Waals surface area contributed by atoms with Crippen LogP contribution in [0.2, 0.25) is 0 Å². The summed E-state index contributed by atoms with van der Waals surface area (Å²) in [5.41, 5.74) is 18.9. The van der Waals surface area contributed by atoms with Gasteiger partial charge in [0.05, 0.1) is 22.8 Å². The number of benzene rings is 6. The Kier molecular flexibility index (Phi) is 7.99. The Morgan fingerprint density at radius 3 is 2.32 bits per heavy atom. The van der Waals surface area contributed by atoms with Crippen molar-refractivity contribution in [2.24, 2.45) is 5.92 Å². The summed E-state index contributed by atoms with van der Waals surface area (Å²) in [5.74, 6) is 1.82. The van der Waals surface area contributed by atoms with E-state index in [9.17, 15) is 0 Å². The second-order valence-corrected chi connectivity index (χ2v) is 17.3. The summed E-state index contributed by atoms with van der Waals surface area (Å²) in [6.07, 6.45) is 27.9. The van der Waals surface area contributed by atoms with Gasteiger partial charge in [-0.3, -0.25) is 0 Å². The lowest BCUT2D eigenvalue weighted by atomic mass is 9.78. The van der Waals surface area contributed by atoms with Gasteiger partial charge in [0.15, 0.2) is 0 Å². The lowest BCUT2D eigenvalue weighted by Gasteiger charge is -2.29. The number of para-hydroxylation sites is 3. The van der Waals surface area contributed by atoms with Gasteiger partial charge >= 0.3 is 0 Å². The predicted octanol–water partition coefficient (Wildman–Crippen LogP) is 14.6. The molecule has 0 spiro atoms. The van der Waals surface area contributed by atoms with Crippen LogP contribution in [-0.4, -0.2) is 15.6 Å². The number of allylic oxidation sites excluding steroid dienone is 8. The van der Waals surface area contributed by atoms with Crippen LogP contribution in [0.15, 0.2) is 200 Å². The zero-order chi connectivity index (χ0) is 40.7. The molecule has 0 saturated heterocycles. The number of pyridine rings is 1. The Labute approximate surface area is 362 Å². The van der Waals surface area contributed by atoms with E-state index in [-0.39, 0.29) is 12.0 Å². The molecule has 294 valence electrons. The Hall–Kier alpha value is -7.49. The topological polar surface area (TPSA) is 21.1 Å². The normalized spacial score (nSPS) is 20.2. The van der Waals surface area contributed by atoms with E-state index >= 15 is 0 Å². The second kappa shape index (κ2) is 14.0. The highest BCUT2D eigenvalue weighted by molar-refractivity contribution is 5.98. The molecule has 4 aliphatic carbocycles. The molecule has 1 aliphatic heterocycles. The number of anilines is 2.